The maximum Gasteiger partial charge on any atom is 0.208 e. The fourth-order valence-corrected chi connectivity index (χ4v) is 5.93. The van der Waals surface area contributed by atoms with Gasteiger partial charge in [0.15, 0.2) is 17.0 Å². The Balaban J connectivity index is 3.39. The van der Waals surface area contributed by atoms with Crippen LogP contribution >= 0.6 is 8.58 Å². The molecule has 0 aliphatic heterocycles. The number of carbonyl (C=O) groups is 1. The summed E-state index contributed by atoms with van der Waals surface area (Å²) < 4.78 is 26.0. The molecule has 0 saturated carbocycles. The van der Waals surface area contributed by atoms with Crippen molar-refractivity contribution in [3.05, 3.63) is 18.2 Å². The summed E-state index contributed by atoms with van der Waals surface area (Å²) in [5.74, 6) is 2.57. The predicted octanol–water partition coefficient (Wildman–Crippen LogP) is 11.5. The molecule has 0 fully saturated rings. The van der Waals surface area contributed by atoms with E-state index in [4.69, 9.17) is 18.9 Å². The first-order chi connectivity index (χ1) is 21.5. The minimum absolute atomic E-state index is 0.0263. The molecule has 0 radical (unpaired) electrons. The zero-order valence-corrected chi connectivity index (χ0v) is 30.3. The molecular formula is C38H67O5P. The van der Waals surface area contributed by atoms with Crippen LogP contribution in [0.15, 0.2) is 18.2 Å². The summed E-state index contributed by atoms with van der Waals surface area (Å²) in [7, 11) is -0.108. The van der Waals surface area contributed by atoms with Crippen LogP contribution in [-0.4, -0.2) is 32.0 Å². The summed E-state index contributed by atoms with van der Waals surface area (Å²) >= 11 is 0. The van der Waals surface area contributed by atoms with Crippen LogP contribution < -0.4 is 24.3 Å². The Morgan fingerprint density at radius 3 is 1.32 bits per heavy atom. The Morgan fingerprint density at radius 1 is 0.545 bits per heavy atom. The minimum Gasteiger partial charge on any atom is -0.490 e. The van der Waals surface area contributed by atoms with Crippen molar-refractivity contribution in [1.82, 2.24) is 0 Å². The highest BCUT2D eigenvalue weighted by Gasteiger charge is 2.25. The molecule has 1 rings (SSSR count). The second-order valence-electron chi connectivity index (χ2n) is 12.2. The van der Waals surface area contributed by atoms with E-state index in [-0.39, 0.29) is 14.1 Å². The van der Waals surface area contributed by atoms with E-state index >= 15 is 0 Å². The predicted molar refractivity (Wildman–Crippen MR) is 191 cm³/mol. The van der Waals surface area contributed by atoms with Crippen molar-refractivity contribution in [3.8, 4) is 23.0 Å². The van der Waals surface area contributed by atoms with Gasteiger partial charge in [-0.2, -0.15) is 0 Å². The van der Waals surface area contributed by atoms with Gasteiger partial charge in [-0.25, -0.2) is 0 Å². The lowest BCUT2D eigenvalue weighted by atomic mass is 10.1. The summed E-state index contributed by atoms with van der Waals surface area (Å²) in [5.41, 5.74) is 0.580. The number of unbranched alkanes of at least 4 members (excludes halogenated alkanes) is 16. The largest absolute Gasteiger partial charge is 0.490 e. The lowest BCUT2D eigenvalue weighted by molar-refractivity contribution is -0.108. The van der Waals surface area contributed by atoms with Gasteiger partial charge in [-0.15, -0.1) is 0 Å². The maximum absolute atomic E-state index is 13.0. The Labute approximate surface area is 273 Å². The monoisotopic (exact) mass is 634 g/mol. The van der Waals surface area contributed by atoms with E-state index in [9.17, 15) is 4.79 Å². The second kappa shape index (κ2) is 27.6. The average Bonchev–Trinajstić information content (AvgIpc) is 3.01. The Morgan fingerprint density at radius 2 is 0.909 bits per heavy atom. The Bertz CT molecular complexity index is 884. The van der Waals surface area contributed by atoms with E-state index < -0.39 is 0 Å². The molecule has 0 saturated heterocycles. The third-order valence-electron chi connectivity index (χ3n) is 7.78. The summed E-state index contributed by atoms with van der Waals surface area (Å²) in [6.07, 6.45) is 23.2. The zero-order valence-electron chi connectivity index (χ0n) is 29.3. The van der Waals surface area contributed by atoms with Crippen molar-refractivity contribution in [2.24, 2.45) is 0 Å². The summed E-state index contributed by atoms with van der Waals surface area (Å²) in [6, 6.07) is 1.98. The second-order valence-corrected chi connectivity index (χ2v) is 13.4. The third-order valence-corrected chi connectivity index (χ3v) is 9.08. The third kappa shape index (κ3) is 18.3. The fraction of sp³-hybridized carbons (Fsp3) is 0.763. The van der Waals surface area contributed by atoms with Crippen LogP contribution in [-0.2, 0) is 4.79 Å². The molecule has 0 aliphatic rings. The zero-order chi connectivity index (χ0) is 32.3. The van der Waals surface area contributed by atoms with Crippen LogP contribution in [0.3, 0.4) is 0 Å². The van der Waals surface area contributed by atoms with Gasteiger partial charge in [-0.1, -0.05) is 137 Å². The number of hydrogen-bond donors (Lipinski definition) is 0. The molecule has 0 aromatic heterocycles. The van der Waals surface area contributed by atoms with E-state index in [2.05, 4.69) is 34.3 Å². The molecular weight excluding hydrogens is 567 g/mol. The van der Waals surface area contributed by atoms with E-state index in [0.717, 1.165) is 56.7 Å². The highest BCUT2D eigenvalue weighted by molar-refractivity contribution is 7.66. The van der Waals surface area contributed by atoms with Gasteiger partial charge in [0.1, 0.15) is 0 Å². The van der Waals surface area contributed by atoms with Gasteiger partial charge in [0, 0.05) is 5.30 Å². The topological polar surface area (TPSA) is 54.0 Å². The first-order valence-corrected chi connectivity index (χ1v) is 19.2. The van der Waals surface area contributed by atoms with E-state index in [1.165, 1.54) is 77.0 Å². The quantitative estimate of drug-likeness (QED) is 0.0462. The van der Waals surface area contributed by atoms with Gasteiger partial charge in [-0.05, 0) is 52.8 Å². The molecule has 0 amide bonds. The van der Waals surface area contributed by atoms with Crippen molar-refractivity contribution in [2.45, 2.75) is 163 Å². The first kappa shape index (κ1) is 40.3. The molecule has 6 heteroatoms. The van der Waals surface area contributed by atoms with Crippen LogP contribution in [0.2, 0.25) is 0 Å². The SMILES string of the molecule is C=C(C)C(=O)Pc1cc(OCCCCCCC)c(OCCCCCCC)c(OCCCCCCC)c1OCCCCCCC. The summed E-state index contributed by atoms with van der Waals surface area (Å²) in [4.78, 5) is 13.0. The summed E-state index contributed by atoms with van der Waals surface area (Å²) in [5, 5.41) is 0.823. The molecule has 1 aromatic rings. The highest BCUT2D eigenvalue weighted by atomic mass is 31.1. The molecule has 0 heterocycles. The van der Waals surface area contributed by atoms with Gasteiger partial charge < -0.3 is 18.9 Å². The van der Waals surface area contributed by atoms with Crippen LogP contribution in [0.25, 0.3) is 0 Å². The van der Waals surface area contributed by atoms with Crippen LogP contribution in [0.5, 0.6) is 23.0 Å². The van der Waals surface area contributed by atoms with Crippen molar-refractivity contribution in [2.75, 3.05) is 26.4 Å². The highest BCUT2D eigenvalue weighted by Crippen LogP contribution is 2.46. The van der Waals surface area contributed by atoms with E-state index in [1.54, 1.807) is 6.92 Å². The van der Waals surface area contributed by atoms with Crippen LogP contribution in [0.4, 0.5) is 0 Å². The molecule has 1 unspecified atom stereocenters. The Hall–Kier alpha value is -1.74. The van der Waals surface area contributed by atoms with Gasteiger partial charge in [0.2, 0.25) is 11.5 Å². The molecule has 0 N–H and O–H groups in total. The van der Waals surface area contributed by atoms with Crippen molar-refractivity contribution < 1.29 is 23.7 Å². The molecule has 44 heavy (non-hydrogen) atoms. The number of rotatable bonds is 31. The normalized spacial score (nSPS) is 11.3. The number of carbonyl (C=O) groups excluding carboxylic acids is 1. The van der Waals surface area contributed by atoms with Crippen LogP contribution in [0, 0.1) is 0 Å². The lowest BCUT2D eigenvalue weighted by Crippen LogP contribution is -2.15. The molecule has 1 aromatic carbocycles. The molecule has 0 spiro atoms. The van der Waals surface area contributed by atoms with Crippen molar-refractivity contribution in [1.29, 1.82) is 0 Å². The van der Waals surface area contributed by atoms with Crippen molar-refractivity contribution in [3.63, 3.8) is 0 Å². The smallest absolute Gasteiger partial charge is 0.208 e. The van der Waals surface area contributed by atoms with E-state index in [0.29, 0.717) is 55.0 Å². The standard InChI is InChI=1S/C38H67O5P/c1-7-11-15-19-23-27-40-33-31-34(44-38(39)32(5)6)36(42-29-25-21-17-13-9-3)37(43-30-26-22-18-14-10-4)35(33)41-28-24-20-16-12-8-2/h31,44H,5,7-30H2,1-4,6H3. The fourth-order valence-electron chi connectivity index (χ4n) is 4.97. The Kier molecular flexibility index (Phi) is 25.2. The summed E-state index contributed by atoms with van der Waals surface area (Å²) in [6.45, 7) is 17.0. The van der Waals surface area contributed by atoms with Crippen LogP contribution in [0.1, 0.15) is 163 Å². The van der Waals surface area contributed by atoms with Gasteiger partial charge in [0.05, 0.1) is 26.4 Å². The molecule has 1 atom stereocenters. The van der Waals surface area contributed by atoms with Gasteiger partial charge in [-0.3, -0.25) is 4.79 Å². The average molecular weight is 635 g/mol. The lowest BCUT2D eigenvalue weighted by Gasteiger charge is -2.23. The number of benzene rings is 1. The number of allylic oxidation sites excluding steroid dienone is 1. The van der Waals surface area contributed by atoms with Gasteiger partial charge in [0.25, 0.3) is 0 Å². The number of hydrogen-bond acceptors (Lipinski definition) is 5. The first-order valence-electron chi connectivity index (χ1n) is 18.2. The minimum atomic E-state index is -0.108. The maximum atomic E-state index is 13.0. The number of ether oxygens (including phenoxy) is 4. The van der Waals surface area contributed by atoms with E-state index in [1.807, 2.05) is 6.07 Å². The molecule has 0 aliphatic carbocycles. The molecule has 0 bridgehead atoms. The van der Waals surface area contributed by atoms with Crippen molar-refractivity contribution >= 4 is 19.4 Å². The molecule has 254 valence electrons. The van der Waals surface area contributed by atoms with Gasteiger partial charge >= 0.3 is 0 Å². The molecule has 5 nitrogen and oxygen atoms in total.